The summed E-state index contributed by atoms with van der Waals surface area (Å²) in [7, 11) is 0. The van der Waals surface area contributed by atoms with Crippen LogP contribution in [-0.4, -0.2) is 5.78 Å². The molecule has 0 saturated heterocycles. The highest BCUT2D eigenvalue weighted by Crippen LogP contribution is 2.27. The minimum atomic E-state index is -0.285. The maximum absolute atomic E-state index is 13.2. The van der Waals surface area contributed by atoms with E-state index in [4.69, 9.17) is 0 Å². The molecule has 0 aromatic heterocycles. The van der Waals surface area contributed by atoms with Crippen molar-refractivity contribution >= 4 is 11.4 Å². The zero-order valence-electron chi connectivity index (χ0n) is 11.9. The molecule has 0 aliphatic carbocycles. The first-order chi connectivity index (χ1) is 9.06. The van der Waals surface area contributed by atoms with E-state index in [1.807, 2.05) is 6.07 Å². The van der Waals surface area contributed by atoms with Crippen molar-refractivity contribution in [3.8, 4) is 0 Å². The molecule has 19 heavy (non-hydrogen) atoms. The van der Waals surface area contributed by atoms with Gasteiger partial charge in [0.1, 0.15) is 11.6 Å². The quantitative estimate of drug-likeness (QED) is 0.601. The molecule has 0 radical (unpaired) electrons. The van der Waals surface area contributed by atoms with Gasteiger partial charge in [0.25, 0.3) is 0 Å². The predicted molar refractivity (Wildman–Crippen MR) is 78.4 cm³/mol. The molecule has 2 heteroatoms. The van der Waals surface area contributed by atoms with Crippen LogP contribution in [0.4, 0.5) is 4.39 Å². The SMILES string of the molecule is C=C(c1cccc(F)c1)C(CCCCCC)C(C)=O. The van der Waals surface area contributed by atoms with Crippen LogP contribution in [0.1, 0.15) is 51.5 Å². The molecule has 1 aromatic rings. The Morgan fingerprint density at radius 2 is 2.05 bits per heavy atom. The highest BCUT2D eigenvalue weighted by Gasteiger charge is 2.18. The van der Waals surface area contributed by atoms with E-state index in [-0.39, 0.29) is 17.5 Å². The van der Waals surface area contributed by atoms with Gasteiger partial charge in [-0.1, -0.05) is 51.3 Å². The lowest BCUT2D eigenvalue weighted by Gasteiger charge is -2.17. The highest BCUT2D eigenvalue weighted by molar-refractivity contribution is 5.91. The number of hydrogen-bond donors (Lipinski definition) is 0. The summed E-state index contributed by atoms with van der Waals surface area (Å²) in [5, 5.41) is 0. The van der Waals surface area contributed by atoms with Gasteiger partial charge < -0.3 is 0 Å². The summed E-state index contributed by atoms with van der Waals surface area (Å²) in [6.07, 6.45) is 5.33. The molecule has 1 rings (SSSR count). The maximum atomic E-state index is 13.2. The van der Waals surface area contributed by atoms with E-state index in [2.05, 4.69) is 13.5 Å². The lowest BCUT2D eigenvalue weighted by atomic mass is 9.86. The van der Waals surface area contributed by atoms with Gasteiger partial charge in [0.2, 0.25) is 0 Å². The molecule has 1 atom stereocenters. The summed E-state index contributed by atoms with van der Waals surface area (Å²) >= 11 is 0. The minimum absolute atomic E-state index is 0.116. The van der Waals surface area contributed by atoms with Gasteiger partial charge in [0.05, 0.1) is 0 Å². The van der Waals surface area contributed by atoms with Crippen LogP contribution in [0.25, 0.3) is 5.57 Å². The van der Waals surface area contributed by atoms with Gasteiger partial charge in [0.15, 0.2) is 0 Å². The fraction of sp³-hybridized carbons (Fsp3) is 0.471. The molecular weight excluding hydrogens is 239 g/mol. The van der Waals surface area contributed by atoms with Crippen molar-refractivity contribution in [2.75, 3.05) is 0 Å². The van der Waals surface area contributed by atoms with Crippen molar-refractivity contribution in [3.05, 3.63) is 42.2 Å². The van der Waals surface area contributed by atoms with Crippen molar-refractivity contribution < 1.29 is 9.18 Å². The smallest absolute Gasteiger partial charge is 0.137 e. The molecule has 0 heterocycles. The van der Waals surface area contributed by atoms with Gasteiger partial charge in [-0.2, -0.15) is 0 Å². The van der Waals surface area contributed by atoms with Crippen LogP contribution in [0.5, 0.6) is 0 Å². The number of carbonyl (C=O) groups excluding carboxylic acids is 1. The van der Waals surface area contributed by atoms with Crippen LogP contribution in [0, 0.1) is 11.7 Å². The average molecular weight is 262 g/mol. The molecule has 0 spiro atoms. The number of hydrogen-bond acceptors (Lipinski definition) is 1. The second-order valence-electron chi connectivity index (χ2n) is 5.05. The van der Waals surface area contributed by atoms with Gasteiger partial charge in [-0.05, 0) is 36.6 Å². The van der Waals surface area contributed by atoms with Crippen LogP contribution in [0.15, 0.2) is 30.8 Å². The highest BCUT2D eigenvalue weighted by atomic mass is 19.1. The third-order valence-corrected chi connectivity index (χ3v) is 3.45. The average Bonchev–Trinajstić information content (AvgIpc) is 2.37. The van der Waals surface area contributed by atoms with Crippen molar-refractivity contribution in [2.45, 2.75) is 46.0 Å². The largest absolute Gasteiger partial charge is 0.299 e. The first kappa shape index (κ1) is 15.6. The van der Waals surface area contributed by atoms with Gasteiger partial charge in [-0.3, -0.25) is 4.79 Å². The summed E-state index contributed by atoms with van der Waals surface area (Å²) in [5.74, 6) is -0.351. The number of carbonyl (C=O) groups is 1. The monoisotopic (exact) mass is 262 g/mol. The standard InChI is InChI=1S/C17H23FO/c1-4-5-6-7-11-17(14(3)19)13(2)15-9-8-10-16(18)12-15/h8-10,12,17H,2,4-7,11H2,1,3H3. The van der Waals surface area contributed by atoms with Crippen LogP contribution in [-0.2, 0) is 4.79 Å². The van der Waals surface area contributed by atoms with E-state index in [0.717, 1.165) is 30.4 Å². The lowest BCUT2D eigenvalue weighted by Crippen LogP contribution is -2.12. The fourth-order valence-corrected chi connectivity index (χ4v) is 2.29. The Bertz CT molecular complexity index is 437. The molecule has 0 saturated carbocycles. The van der Waals surface area contributed by atoms with Gasteiger partial charge >= 0.3 is 0 Å². The zero-order valence-corrected chi connectivity index (χ0v) is 11.9. The van der Waals surface area contributed by atoms with E-state index in [9.17, 15) is 9.18 Å². The molecule has 0 amide bonds. The summed E-state index contributed by atoms with van der Waals surface area (Å²) in [6, 6.07) is 6.32. The molecule has 0 aliphatic rings. The minimum Gasteiger partial charge on any atom is -0.299 e. The second kappa shape index (κ2) is 7.88. The predicted octanol–water partition coefficient (Wildman–Crippen LogP) is 5.01. The van der Waals surface area contributed by atoms with Crippen LogP contribution < -0.4 is 0 Å². The number of halogens is 1. The summed E-state index contributed by atoms with van der Waals surface area (Å²) in [6.45, 7) is 7.75. The summed E-state index contributed by atoms with van der Waals surface area (Å²) in [5.41, 5.74) is 1.47. The number of ketones is 1. The number of allylic oxidation sites excluding steroid dienone is 1. The van der Waals surface area contributed by atoms with E-state index < -0.39 is 0 Å². The topological polar surface area (TPSA) is 17.1 Å². The normalized spacial score (nSPS) is 12.2. The lowest BCUT2D eigenvalue weighted by molar-refractivity contribution is -0.119. The Balaban J connectivity index is 2.70. The van der Waals surface area contributed by atoms with Gasteiger partial charge in [-0.15, -0.1) is 0 Å². The molecule has 1 aromatic carbocycles. The maximum Gasteiger partial charge on any atom is 0.137 e. The Labute approximate surface area is 115 Å². The van der Waals surface area contributed by atoms with Gasteiger partial charge in [-0.25, -0.2) is 4.39 Å². The van der Waals surface area contributed by atoms with Gasteiger partial charge in [0, 0.05) is 5.92 Å². The number of benzene rings is 1. The molecular formula is C17H23FO. The molecule has 1 nitrogen and oxygen atoms in total. The molecule has 104 valence electrons. The third-order valence-electron chi connectivity index (χ3n) is 3.45. The van der Waals surface area contributed by atoms with Crippen LogP contribution >= 0.6 is 0 Å². The number of unbranched alkanes of at least 4 members (excludes halogenated alkanes) is 3. The Kier molecular flexibility index (Phi) is 6.48. The zero-order chi connectivity index (χ0) is 14.3. The number of Topliss-reactive ketones (excluding diaryl/α,β-unsaturated/α-hetero) is 1. The van der Waals surface area contributed by atoms with Crippen molar-refractivity contribution in [2.24, 2.45) is 5.92 Å². The first-order valence-corrected chi connectivity index (χ1v) is 7.01. The first-order valence-electron chi connectivity index (χ1n) is 7.01. The molecule has 0 bridgehead atoms. The molecule has 0 aliphatic heterocycles. The van der Waals surface area contributed by atoms with Crippen molar-refractivity contribution in [1.82, 2.24) is 0 Å². The van der Waals surface area contributed by atoms with E-state index in [0.29, 0.717) is 0 Å². The van der Waals surface area contributed by atoms with Crippen molar-refractivity contribution in [3.63, 3.8) is 0 Å². The van der Waals surface area contributed by atoms with Crippen LogP contribution in [0.2, 0.25) is 0 Å². The Hall–Kier alpha value is -1.44. The Morgan fingerprint density at radius 3 is 2.63 bits per heavy atom. The fourth-order valence-electron chi connectivity index (χ4n) is 2.29. The van der Waals surface area contributed by atoms with E-state index in [1.54, 1.807) is 13.0 Å². The van der Waals surface area contributed by atoms with E-state index >= 15 is 0 Å². The molecule has 1 unspecified atom stereocenters. The Morgan fingerprint density at radius 1 is 1.32 bits per heavy atom. The molecule has 0 N–H and O–H groups in total. The second-order valence-corrected chi connectivity index (χ2v) is 5.05. The van der Waals surface area contributed by atoms with Crippen molar-refractivity contribution in [1.29, 1.82) is 0 Å². The molecule has 0 fully saturated rings. The summed E-state index contributed by atoms with van der Waals surface area (Å²) < 4.78 is 13.2. The number of rotatable bonds is 8. The summed E-state index contributed by atoms with van der Waals surface area (Å²) in [4.78, 5) is 11.8. The third kappa shape index (κ3) is 4.98. The van der Waals surface area contributed by atoms with Crippen LogP contribution in [0.3, 0.4) is 0 Å². The van der Waals surface area contributed by atoms with E-state index in [1.165, 1.54) is 25.0 Å².